The number of fused-ring (bicyclic) bond motifs is 1. The van der Waals surface area contributed by atoms with E-state index in [0.717, 1.165) is 40.9 Å². The van der Waals surface area contributed by atoms with Crippen molar-refractivity contribution in [1.29, 1.82) is 0 Å². The van der Waals surface area contributed by atoms with Crippen molar-refractivity contribution < 1.29 is 9.53 Å². The van der Waals surface area contributed by atoms with Crippen molar-refractivity contribution in [2.24, 2.45) is 5.73 Å². The number of hydrogen-bond acceptors (Lipinski definition) is 4. The molecular weight excluding hydrogens is 344 g/mol. The van der Waals surface area contributed by atoms with Gasteiger partial charge in [-0.3, -0.25) is 9.69 Å². The first-order valence-electron chi connectivity index (χ1n) is 9.11. The molecule has 1 aliphatic rings. The number of carbonyl (C=O) groups is 1. The molecule has 1 aliphatic heterocycles. The number of nitrogens with zero attached hydrogens (tertiary/aromatic N) is 2. The van der Waals surface area contributed by atoms with E-state index < -0.39 is 11.6 Å². The molecule has 0 spiro atoms. The highest BCUT2D eigenvalue weighted by atomic mass is 16.5. The van der Waals surface area contributed by atoms with Crippen LogP contribution in [0.4, 0.5) is 4.79 Å². The minimum atomic E-state index is -0.799. The van der Waals surface area contributed by atoms with E-state index in [1.165, 1.54) is 19.0 Å². The quantitative estimate of drug-likeness (QED) is 0.725. The van der Waals surface area contributed by atoms with Crippen molar-refractivity contribution in [3.05, 3.63) is 52.9 Å². The normalized spacial score (nSPS) is 14.7. The summed E-state index contributed by atoms with van der Waals surface area (Å²) in [5.41, 5.74) is 6.72. The molecule has 0 atom stereocenters. The van der Waals surface area contributed by atoms with Gasteiger partial charge in [-0.1, -0.05) is 0 Å². The fraction of sp³-hybridized carbons (Fsp3) is 0.300. The van der Waals surface area contributed by atoms with Gasteiger partial charge in [0.2, 0.25) is 0 Å². The number of aromatic nitrogens is 2. The molecule has 0 radical (unpaired) electrons. The third-order valence-electron chi connectivity index (χ3n) is 4.94. The first kappa shape index (κ1) is 17.4. The average molecular weight is 366 g/mol. The largest absolute Gasteiger partial charge is 0.492 e. The van der Waals surface area contributed by atoms with E-state index in [9.17, 15) is 9.59 Å². The van der Waals surface area contributed by atoms with Crippen LogP contribution in [0.3, 0.4) is 0 Å². The highest BCUT2D eigenvalue weighted by molar-refractivity contribution is 5.87. The van der Waals surface area contributed by atoms with Gasteiger partial charge in [-0.2, -0.15) is 0 Å². The number of likely N-dealkylation sites (tertiary alicyclic amines) is 1. The van der Waals surface area contributed by atoms with Crippen LogP contribution >= 0.6 is 0 Å². The van der Waals surface area contributed by atoms with Gasteiger partial charge in [0.05, 0.1) is 11.3 Å². The smallest absolute Gasteiger partial charge is 0.325 e. The second-order valence-corrected chi connectivity index (χ2v) is 6.76. The van der Waals surface area contributed by atoms with E-state index in [0.29, 0.717) is 17.9 Å². The van der Waals surface area contributed by atoms with Crippen LogP contribution in [0.1, 0.15) is 12.8 Å². The number of ether oxygens (including phenoxy) is 1. The molecule has 7 heteroatoms. The molecule has 0 saturated carbocycles. The molecule has 3 aromatic rings. The lowest BCUT2D eigenvalue weighted by molar-refractivity contribution is 0.238. The van der Waals surface area contributed by atoms with Gasteiger partial charge in [-0.25, -0.2) is 9.36 Å². The maximum Gasteiger partial charge on any atom is 0.325 e. The lowest BCUT2D eigenvalue weighted by Crippen LogP contribution is -2.31. The lowest BCUT2D eigenvalue weighted by atomic mass is 10.2. The minimum absolute atomic E-state index is 0.393. The van der Waals surface area contributed by atoms with Gasteiger partial charge in [0.15, 0.2) is 0 Å². The van der Waals surface area contributed by atoms with Crippen LogP contribution in [-0.2, 0) is 0 Å². The Morgan fingerprint density at radius 1 is 1.19 bits per heavy atom. The number of hydrogen-bond donors (Lipinski definition) is 2. The van der Waals surface area contributed by atoms with Crippen LogP contribution in [0.25, 0.3) is 22.2 Å². The molecule has 1 amide bonds. The summed E-state index contributed by atoms with van der Waals surface area (Å²) < 4.78 is 6.78. The van der Waals surface area contributed by atoms with Crippen LogP contribution in [0, 0.1) is 0 Å². The molecule has 3 heterocycles. The molecule has 1 aromatic carbocycles. The summed E-state index contributed by atoms with van der Waals surface area (Å²) in [5, 5.41) is 0.942. The highest BCUT2D eigenvalue weighted by Gasteiger charge is 2.13. The van der Waals surface area contributed by atoms with Gasteiger partial charge < -0.3 is 15.5 Å². The van der Waals surface area contributed by atoms with E-state index >= 15 is 0 Å². The molecule has 0 bridgehead atoms. The predicted octanol–water partition coefficient (Wildman–Crippen LogP) is 2.40. The Morgan fingerprint density at radius 3 is 2.78 bits per heavy atom. The Labute approximate surface area is 156 Å². The third kappa shape index (κ3) is 3.59. The summed E-state index contributed by atoms with van der Waals surface area (Å²) in [7, 11) is 0. The van der Waals surface area contributed by atoms with Gasteiger partial charge in [0, 0.05) is 23.6 Å². The zero-order valence-electron chi connectivity index (χ0n) is 15.0. The van der Waals surface area contributed by atoms with Gasteiger partial charge in [-0.05, 0) is 62.3 Å². The third-order valence-corrected chi connectivity index (χ3v) is 4.94. The molecule has 27 heavy (non-hydrogen) atoms. The first-order chi connectivity index (χ1) is 13.1. The molecule has 2 aromatic heterocycles. The van der Waals surface area contributed by atoms with Crippen molar-refractivity contribution in [3.63, 3.8) is 0 Å². The number of pyridine rings is 1. The standard InChI is InChI=1S/C20H22N4O3/c21-20(26)24-9-3-4-16(19(24)25)18-13-14-12-15(5-6-17(14)22-18)27-11-10-23-7-1-2-8-23/h3-6,9,12-13,22H,1-2,7-8,10-11H2,(H2,21,26). The molecule has 0 aliphatic carbocycles. The fourth-order valence-corrected chi connectivity index (χ4v) is 3.52. The molecule has 7 nitrogen and oxygen atoms in total. The summed E-state index contributed by atoms with van der Waals surface area (Å²) in [6.07, 6.45) is 3.91. The monoisotopic (exact) mass is 366 g/mol. The van der Waals surface area contributed by atoms with Crippen LogP contribution < -0.4 is 16.0 Å². The Hall–Kier alpha value is -3.06. The highest BCUT2D eigenvalue weighted by Crippen LogP contribution is 2.25. The minimum Gasteiger partial charge on any atom is -0.492 e. The number of nitrogens with one attached hydrogen (secondary N) is 1. The Kier molecular flexibility index (Phi) is 4.68. The van der Waals surface area contributed by atoms with Gasteiger partial charge in [0.25, 0.3) is 5.56 Å². The van der Waals surface area contributed by atoms with Crippen molar-refractivity contribution in [3.8, 4) is 17.0 Å². The number of nitrogens with two attached hydrogens (primary N) is 1. The maximum atomic E-state index is 12.4. The van der Waals surface area contributed by atoms with Crippen molar-refractivity contribution in [2.45, 2.75) is 12.8 Å². The number of carbonyl (C=O) groups excluding carboxylic acids is 1. The van der Waals surface area contributed by atoms with Gasteiger partial charge >= 0.3 is 6.03 Å². The second-order valence-electron chi connectivity index (χ2n) is 6.76. The van der Waals surface area contributed by atoms with Crippen molar-refractivity contribution in [2.75, 3.05) is 26.2 Å². The zero-order valence-corrected chi connectivity index (χ0v) is 15.0. The molecule has 3 N–H and O–H groups in total. The number of rotatable bonds is 5. The van der Waals surface area contributed by atoms with Crippen molar-refractivity contribution >= 4 is 16.9 Å². The van der Waals surface area contributed by atoms with Crippen LogP contribution in [0.5, 0.6) is 5.75 Å². The molecular formula is C20H22N4O3. The van der Waals surface area contributed by atoms with Crippen molar-refractivity contribution in [1.82, 2.24) is 14.5 Å². The summed E-state index contributed by atoms with van der Waals surface area (Å²) in [4.78, 5) is 29.4. The fourth-order valence-electron chi connectivity index (χ4n) is 3.52. The van der Waals surface area contributed by atoms with E-state index in [4.69, 9.17) is 10.5 Å². The molecule has 4 rings (SSSR count). The second kappa shape index (κ2) is 7.28. The molecule has 0 unspecified atom stereocenters. The van der Waals surface area contributed by atoms with Gasteiger partial charge in [-0.15, -0.1) is 0 Å². The zero-order chi connectivity index (χ0) is 18.8. The molecule has 1 saturated heterocycles. The maximum absolute atomic E-state index is 12.4. The lowest BCUT2D eigenvalue weighted by Gasteiger charge is -2.14. The topological polar surface area (TPSA) is 93.3 Å². The SMILES string of the molecule is NC(=O)n1cccc(-c2cc3cc(OCCN4CCCC4)ccc3[nH]2)c1=O. The van der Waals surface area contributed by atoms with E-state index in [-0.39, 0.29) is 0 Å². The van der Waals surface area contributed by atoms with Crippen LogP contribution in [-0.4, -0.2) is 46.7 Å². The first-order valence-corrected chi connectivity index (χ1v) is 9.11. The van der Waals surface area contributed by atoms with Crippen LogP contribution in [0.15, 0.2) is 47.4 Å². The van der Waals surface area contributed by atoms with E-state index in [1.807, 2.05) is 24.3 Å². The number of benzene rings is 1. The summed E-state index contributed by atoms with van der Waals surface area (Å²) in [6.45, 7) is 3.91. The summed E-state index contributed by atoms with van der Waals surface area (Å²) in [6, 6.07) is 10.2. The Bertz CT molecular complexity index is 1030. The average Bonchev–Trinajstić information content (AvgIpc) is 3.30. The Morgan fingerprint density at radius 2 is 2.00 bits per heavy atom. The van der Waals surface area contributed by atoms with E-state index in [2.05, 4.69) is 9.88 Å². The van der Waals surface area contributed by atoms with Gasteiger partial charge in [0.1, 0.15) is 12.4 Å². The predicted molar refractivity (Wildman–Crippen MR) is 104 cm³/mol. The number of H-pyrrole nitrogens is 1. The molecule has 140 valence electrons. The van der Waals surface area contributed by atoms with E-state index in [1.54, 1.807) is 12.1 Å². The molecule has 1 fully saturated rings. The number of aromatic amines is 1. The Balaban J connectivity index is 1.55. The number of primary amides is 1. The number of amides is 1. The summed E-state index contributed by atoms with van der Waals surface area (Å²) >= 11 is 0. The van der Waals surface area contributed by atoms with Crippen LogP contribution in [0.2, 0.25) is 0 Å². The summed E-state index contributed by atoms with van der Waals surface area (Å²) in [5.74, 6) is 0.801.